The predicted molar refractivity (Wildman–Crippen MR) is 88.5 cm³/mol. The van der Waals surface area contributed by atoms with E-state index < -0.39 is 0 Å². The topological polar surface area (TPSA) is 34.4 Å². The van der Waals surface area contributed by atoms with Gasteiger partial charge in [0.1, 0.15) is 11.3 Å². The average Bonchev–Trinajstić information content (AvgIpc) is 2.93. The van der Waals surface area contributed by atoms with Crippen LogP contribution in [0.15, 0.2) is 33.2 Å². The molecule has 2 heterocycles. The molecular weight excluding hydrogens is 330 g/mol. The van der Waals surface area contributed by atoms with Gasteiger partial charge in [0.25, 0.3) is 0 Å². The van der Waals surface area contributed by atoms with Crippen molar-refractivity contribution in [3.8, 4) is 0 Å². The minimum Gasteiger partial charge on any atom is -0.458 e. The summed E-state index contributed by atoms with van der Waals surface area (Å²) in [5.41, 5.74) is 0.947. The molecule has 3 rings (SSSR count). The second-order valence-electron chi connectivity index (χ2n) is 5.71. The Balaban J connectivity index is 1.82. The van der Waals surface area contributed by atoms with Crippen LogP contribution in [-0.4, -0.2) is 19.8 Å². The molecule has 1 saturated heterocycles. The van der Waals surface area contributed by atoms with Crippen molar-refractivity contribution in [2.45, 2.75) is 32.2 Å². The third kappa shape index (κ3) is 3.50. The minimum atomic E-state index is 0.289. The summed E-state index contributed by atoms with van der Waals surface area (Å²) in [4.78, 5) is 0. The van der Waals surface area contributed by atoms with Gasteiger partial charge in [0.05, 0.1) is 10.5 Å². The summed E-state index contributed by atoms with van der Waals surface area (Å²) in [5, 5.41) is 4.74. The van der Waals surface area contributed by atoms with E-state index in [2.05, 4.69) is 40.3 Å². The average molecular weight is 352 g/mol. The number of para-hydroxylation sites is 1. The molecule has 0 amide bonds. The van der Waals surface area contributed by atoms with Gasteiger partial charge < -0.3 is 14.5 Å². The van der Waals surface area contributed by atoms with E-state index in [-0.39, 0.29) is 6.04 Å². The molecule has 0 aliphatic carbocycles. The number of benzene rings is 1. The van der Waals surface area contributed by atoms with Crippen molar-refractivity contribution in [1.29, 1.82) is 0 Å². The van der Waals surface area contributed by atoms with Gasteiger partial charge in [-0.3, -0.25) is 0 Å². The number of ether oxygens (including phenoxy) is 1. The summed E-state index contributed by atoms with van der Waals surface area (Å²) in [6.07, 6.45) is 3.44. The number of halogens is 1. The van der Waals surface area contributed by atoms with E-state index in [4.69, 9.17) is 9.15 Å². The zero-order chi connectivity index (χ0) is 14.7. The molecule has 114 valence electrons. The van der Waals surface area contributed by atoms with Gasteiger partial charge in [-0.1, -0.05) is 19.1 Å². The van der Waals surface area contributed by atoms with Gasteiger partial charge in [-0.05, 0) is 59.8 Å². The lowest BCUT2D eigenvalue weighted by atomic mass is 9.91. The second-order valence-corrected chi connectivity index (χ2v) is 6.56. The highest BCUT2D eigenvalue weighted by Gasteiger charge is 2.22. The standard InChI is InChI=1S/C17H22BrNO2/c1-2-19-15(10-12-6-8-20-9-7-12)16-11-13-4-3-5-14(18)17(13)21-16/h3-5,11-12,15,19H,2,6-10H2,1H3. The Morgan fingerprint density at radius 1 is 1.33 bits per heavy atom. The summed E-state index contributed by atoms with van der Waals surface area (Å²) in [6.45, 7) is 4.89. The summed E-state index contributed by atoms with van der Waals surface area (Å²) in [5.74, 6) is 1.77. The second kappa shape index (κ2) is 6.95. The van der Waals surface area contributed by atoms with Crippen LogP contribution in [0.3, 0.4) is 0 Å². The van der Waals surface area contributed by atoms with Gasteiger partial charge in [0, 0.05) is 18.6 Å². The maximum atomic E-state index is 6.11. The first-order valence-corrected chi connectivity index (χ1v) is 8.56. The van der Waals surface area contributed by atoms with Crippen LogP contribution in [0.4, 0.5) is 0 Å². The fraction of sp³-hybridized carbons (Fsp3) is 0.529. The van der Waals surface area contributed by atoms with Crippen molar-refractivity contribution in [2.24, 2.45) is 5.92 Å². The third-order valence-corrected chi connectivity index (χ3v) is 4.84. The number of fused-ring (bicyclic) bond motifs is 1. The molecule has 1 unspecified atom stereocenters. The van der Waals surface area contributed by atoms with Crippen LogP contribution in [0.25, 0.3) is 11.0 Å². The number of furan rings is 1. The molecule has 0 radical (unpaired) electrons. The van der Waals surface area contributed by atoms with Gasteiger partial charge in [-0.15, -0.1) is 0 Å². The molecule has 0 bridgehead atoms. The Hall–Kier alpha value is -0.840. The first-order chi connectivity index (χ1) is 10.3. The number of nitrogens with one attached hydrogen (secondary N) is 1. The summed E-state index contributed by atoms with van der Waals surface area (Å²) < 4.78 is 12.6. The molecule has 1 aliphatic rings. The van der Waals surface area contributed by atoms with Crippen molar-refractivity contribution in [1.82, 2.24) is 5.32 Å². The van der Waals surface area contributed by atoms with Gasteiger partial charge in [0.2, 0.25) is 0 Å². The third-order valence-electron chi connectivity index (χ3n) is 4.22. The van der Waals surface area contributed by atoms with Gasteiger partial charge in [-0.25, -0.2) is 0 Å². The van der Waals surface area contributed by atoms with E-state index in [9.17, 15) is 0 Å². The Morgan fingerprint density at radius 2 is 2.14 bits per heavy atom. The summed E-state index contributed by atoms with van der Waals surface area (Å²) in [6, 6.07) is 8.64. The highest BCUT2D eigenvalue weighted by atomic mass is 79.9. The number of rotatable bonds is 5. The highest BCUT2D eigenvalue weighted by molar-refractivity contribution is 9.10. The SMILES string of the molecule is CCNC(CC1CCOCC1)c1cc2cccc(Br)c2o1. The van der Waals surface area contributed by atoms with Crippen LogP contribution in [0.2, 0.25) is 0 Å². The van der Waals surface area contributed by atoms with Crippen molar-refractivity contribution in [3.63, 3.8) is 0 Å². The van der Waals surface area contributed by atoms with E-state index in [1.165, 1.54) is 0 Å². The van der Waals surface area contributed by atoms with Crippen LogP contribution in [0.5, 0.6) is 0 Å². The molecule has 4 heteroatoms. The Morgan fingerprint density at radius 3 is 2.86 bits per heavy atom. The zero-order valence-corrected chi connectivity index (χ0v) is 14.0. The molecule has 1 aromatic carbocycles. The molecule has 21 heavy (non-hydrogen) atoms. The molecule has 0 spiro atoms. The van der Waals surface area contributed by atoms with E-state index >= 15 is 0 Å². The maximum absolute atomic E-state index is 6.11. The Kier molecular flexibility index (Phi) is 4.99. The van der Waals surface area contributed by atoms with E-state index in [0.29, 0.717) is 0 Å². The molecule has 1 aromatic heterocycles. The van der Waals surface area contributed by atoms with Gasteiger partial charge in [0.15, 0.2) is 0 Å². The van der Waals surface area contributed by atoms with E-state index in [0.717, 1.165) is 66.1 Å². The summed E-state index contributed by atoms with van der Waals surface area (Å²) >= 11 is 3.57. The number of hydrogen-bond acceptors (Lipinski definition) is 3. The van der Waals surface area contributed by atoms with Crippen molar-refractivity contribution < 1.29 is 9.15 Å². The highest BCUT2D eigenvalue weighted by Crippen LogP contribution is 2.33. The Labute approximate surface area is 134 Å². The Bertz CT molecular complexity index is 589. The van der Waals surface area contributed by atoms with Crippen LogP contribution < -0.4 is 5.32 Å². The van der Waals surface area contributed by atoms with Crippen molar-refractivity contribution in [3.05, 3.63) is 34.5 Å². The zero-order valence-electron chi connectivity index (χ0n) is 12.4. The monoisotopic (exact) mass is 351 g/mol. The quantitative estimate of drug-likeness (QED) is 0.850. The van der Waals surface area contributed by atoms with E-state index in [1.807, 2.05) is 12.1 Å². The van der Waals surface area contributed by atoms with Crippen LogP contribution in [-0.2, 0) is 4.74 Å². The van der Waals surface area contributed by atoms with Crippen LogP contribution in [0, 0.1) is 5.92 Å². The molecule has 1 atom stereocenters. The van der Waals surface area contributed by atoms with Gasteiger partial charge >= 0.3 is 0 Å². The van der Waals surface area contributed by atoms with Crippen LogP contribution >= 0.6 is 15.9 Å². The van der Waals surface area contributed by atoms with Crippen molar-refractivity contribution in [2.75, 3.05) is 19.8 Å². The molecule has 1 fully saturated rings. The normalized spacial score (nSPS) is 18.2. The first kappa shape index (κ1) is 15.1. The molecule has 1 N–H and O–H groups in total. The largest absolute Gasteiger partial charge is 0.458 e. The molecule has 0 saturated carbocycles. The fourth-order valence-corrected chi connectivity index (χ4v) is 3.54. The van der Waals surface area contributed by atoms with Crippen LogP contribution in [0.1, 0.15) is 38.0 Å². The minimum absolute atomic E-state index is 0.289. The molecule has 1 aliphatic heterocycles. The van der Waals surface area contributed by atoms with Crippen molar-refractivity contribution >= 4 is 26.9 Å². The molecule has 3 nitrogen and oxygen atoms in total. The van der Waals surface area contributed by atoms with E-state index in [1.54, 1.807) is 0 Å². The fourth-order valence-electron chi connectivity index (χ4n) is 3.08. The molecular formula is C17H22BrNO2. The lowest BCUT2D eigenvalue weighted by Gasteiger charge is -2.26. The summed E-state index contributed by atoms with van der Waals surface area (Å²) in [7, 11) is 0. The lowest BCUT2D eigenvalue weighted by molar-refractivity contribution is 0.0598. The maximum Gasteiger partial charge on any atom is 0.148 e. The number of hydrogen-bond donors (Lipinski definition) is 1. The molecule has 2 aromatic rings. The smallest absolute Gasteiger partial charge is 0.148 e. The first-order valence-electron chi connectivity index (χ1n) is 7.77. The van der Waals surface area contributed by atoms with Gasteiger partial charge in [-0.2, -0.15) is 0 Å². The predicted octanol–water partition coefficient (Wildman–Crippen LogP) is 4.66. The lowest BCUT2D eigenvalue weighted by Crippen LogP contribution is -2.26.